The topological polar surface area (TPSA) is 20.2 Å². The van der Waals surface area contributed by atoms with Gasteiger partial charge >= 0.3 is 0 Å². The van der Waals surface area contributed by atoms with Crippen LogP contribution in [0.5, 0.6) is 0 Å². The second-order valence-corrected chi connectivity index (χ2v) is 6.27. The molecule has 0 spiro atoms. The molecule has 1 N–H and O–H groups in total. The Morgan fingerprint density at radius 3 is 2.90 bits per heavy atom. The molecule has 3 heteroatoms. The van der Waals surface area contributed by atoms with Crippen molar-refractivity contribution in [1.82, 2.24) is 0 Å². The first-order chi connectivity index (χ1) is 9.65. The number of hydrogen-bond donors (Lipinski definition) is 1. The maximum Gasteiger partial charge on any atom is 0.126 e. The second-order valence-electron chi connectivity index (χ2n) is 5.35. The van der Waals surface area contributed by atoms with Gasteiger partial charge in [0.15, 0.2) is 0 Å². The van der Waals surface area contributed by atoms with Gasteiger partial charge in [0.05, 0.1) is 6.10 Å². The minimum absolute atomic E-state index is 0.115. The van der Waals surface area contributed by atoms with Crippen molar-refractivity contribution in [2.75, 3.05) is 0 Å². The Morgan fingerprint density at radius 2 is 2.05 bits per heavy atom. The summed E-state index contributed by atoms with van der Waals surface area (Å²) < 4.78 is 14.6. The molecule has 2 aromatic rings. The number of hydrogen-bond acceptors (Lipinski definition) is 1. The molecule has 0 amide bonds. The fourth-order valence-corrected chi connectivity index (χ4v) is 3.47. The zero-order valence-electron chi connectivity index (χ0n) is 11.0. The van der Waals surface area contributed by atoms with Crippen LogP contribution in [0, 0.1) is 5.82 Å². The molecular weight excluding hydrogens is 319 g/mol. The number of aliphatic hydroxyl groups is 1. The summed E-state index contributed by atoms with van der Waals surface area (Å²) in [5.41, 5.74) is 3.10. The van der Waals surface area contributed by atoms with Crippen molar-refractivity contribution >= 4 is 15.9 Å². The van der Waals surface area contributed by atoms with E-state index in [1.165, 1.54) is 17.2 Å². The molecule has 0 saturated heterocycles. The third kappa shape index (κ3) is 2.65. The summed E-state index contributed by atoms with van der Waals surface area (Å²) in [5, 5.41) is 10.5. The molecule has 0 aliphatic heterocycles. The van der Waals surface area contributed by atoms with Crippen LogP contribution in [0.15, 0.2) is 46.9 Å². The van der Waals surface area contributed by atoms with E-state index in [4.69, 9.17) is 0 Å². The molecule has 0 heterocycles. The largest absolute Gasteiger partial charge is 0.392 e. The van der Waals surface area contributed by atoms with E-state index in [1.54, 1.807) is 12.1 Å². The van der Waals surface area contributed by atoms with E-state index in [0.717, 1.165) is 17.3 Å². The van der Waals surface area contributed by atoms with Crippen molar-refractivity contribution in [3.8, 4) is 0 Å². The van der Waals surface area contributed by atoms with Crippen molar-refractivity contribution in [2.45, 2.75) is 31.3 Å². The van der Waals surface area contributed by atoms with Crippen LogP contribution in [0.4, 0.5) is 4.39 Å². The standard InChI is InChI=1S/C17H16BrFO/c18-13-6-8-16(19)12(9-13)10-17(20)15-7-5-11-3-1-2-4-14(11)15/h1-4,6,8-9,15,17,20H,5,7,10H2. The van der Waals surface area contributed by atoms with Gasteiger partial charge in [0.2, 0.25) is 0 Å². The van der Waals surface area contributed by atoms with Crippen molar-refractivity contribution in [1.29, 1.82) is 0 Å². The van der Waals surface area contributed by atoms with Gasteiger partial charge in [0, 0.05) is 16.8 Å². The number of halogens is 2. The number of aryl methyl sites for hydroxylation is 1. The molecule has 0 radical (unpaired) electrons. The maximum atomic E-state index is 13.8. The van der Waals surface area contributed by atoms with Gasteiger partial charge in [-0.3, -0.25) is 0 Å². The first-order valence-corrected chi connectivity index (χ1v) is 7.64. The van der Waals surface area contributed by atoms with Crippen LogP contribution in [0.3, 0.4) is 0 Å². The Hall–Kier alpha value is -1.19. The van der Waals surface area contributed by atoms with E-state index in [0.29, 0.717) is 12.0 Å². The number of aliphatic hydroxyl groups excluding tert-OH is 1. The van der Waals surface area contributed by atoms with Crippen molar-refractivity contribution < 1.29 is 9.50 Å². The average Bonchev–Trinajstić information content (AvgIpc) is 2.87. The molecule has 2 atom stereocenters. The smallest absolute Gasteiger partial charge is 0.126 e. The molecule has 2 aromatic carbocycles. The summed E-state index contributed by atoms with van der Waals surface area (Å²) in [5.74, 6) is -0.136. The lowest BCUT2D eigenvalue weighted by molar-refractivity contribution is 0.142. The summed E-state index contributed by atoms with van der Waals surface area (Å²) in [7, 11) is 0. The lowest BCUT2D eigenvalue weighted by Crippen LogP contribution is -2.20. The fraction of sp³-hybridized carbons (Fsp3) is 0.294. The van der Waals surface area contributed by atoms with Gasteiger partial charge in [0.25, 0.3) is 0 Å². The fourth-order valence-electron chi connectivity index (χ4n) is 3.06. The predicted molar refractivity (Wildman–Crippen MR) is 81.3 cm³/mol. The average molecular weight is 335 g/mol. The molecule has 0 fully saturated rings. The molecule has 1 aliphatic carbocycles. The second kappa shape index (κ2) is 5.66. The van der Waals surface area contributed by atoms with Crippen LogP contribution < -0.4 is 0 Å². The Morgan fingerprint density at radius 1 is 1.25 bits per heavy atom. The van der Waals surface area contributed by atoms with Gasteiger partial charge in [-0.15, -0.1) is 0 Å². The van der Waals surface area contributed by atoms with E-state index in [2.05, 4.69) is 28.1 Å². The molecule has 20 heavy (non-hydrogen) atoms. The van der Waals surface area contributed by atoms with E-state index in [1.807, 2.05) is 12.1 Å². The van der Waals surface area contributed by atoms with Crippen LogP contribution in [-0.4, -0.2) is 11.2 Å². The van der Waals surface area contributed by atoms with Gasteiger partial charge in [-0.1, -0.05) is 40.2 Å². The lowest BCUT2D eigenvalue weighted by Gasteiger charge is -2.19. The SMILES string of the molecule is OC(Cc1cc(Br)ccc1F)C1CCc2ccccc21. The Bertz CT molecular complexity index is 626. The maximum absolute atomic E-state index is 13.8. The minimum atomic E-state index is -0.539. The Labute approximate surface area is 126 Å². The molecule has 1 aliphatic rings. The number of rotatable bonds is 3. The highest BCUT2D eigenvalue weighted by Crippen LogP contribution is 2.36. The zero-order valence-corrected chi connectivity index (χ0v) is 12.6. The molecule has 0 aromatic heterocycles. The highest BCUT2D eigenvalue weighted by atomic mass is 79.9. The number of benzene rings is 2. The van der Waals surface area contributed by atoms with Crippen LogP contribution in [0.1, 0.15) is 29.0 Å². The van der Waals surface area contributed by atoms with Crippen molar-refractivity contribution in [3.63, 3.8) is 0 Å². The van der Waals surface area contributed by atoms with E-state index >= 15 is 0 Å². The quantitative estimate of drug-likeness (QED) is 0.890. The van der Waals surface area contributed by atoms with E-state index < -0.39 is 6.10 Å². The number of fused-ring (bicyclic) bond motifs is 1. The minimum Gasteiger partial charge on any atom is -0.392 e. The van der Waals surface area contributed by atoms with Crippen molar-refractivity contribution in [2.24, 2.45) is 0 Å². The van der Waals surface area contributed by atoms with E-state index in [9.17, 15) is 9.50 Å². The first kappa shape index (κ1) is 13.8. The van der Waals surface area contributed by atoms with Gasteiger partial charge in [-0.2, -0.15) is 0 Å². The van der Waals surface area contributed by atoms with E-state index in [-0.39, 0.29) is 11.7 Å². The lowest BCUT2D eigenvalue weighted by atomic mass is 9.91. The molecule has 1 nitrogen and oxygen atoms in total. The molecule has 2 unspecified atom stereocenters. The first-order valence-electron chi connectivity index (χ1n) is 6.85. The normalized spacial score (nSPS) is 18.9. The molecule has 0 bridgehead atoms. The molecule has 104 valence electrons. The third-order valence-electron chi connectivity index (χ3n) is 4.08. The Balaban J connectivity index is 1.81. The summed E-state index contributed by atoms with van der Waals surface area (Å²) in [6.45, 7) is 0. The third-order valence-corrected chi connectivity index (χ3v) is 4.57. The van der Waals surface area contributed by atoms with Crippen LogP contribution in [0.25, 0.3) is 0 Å². The van der Waals surface area contributed by atoms with Gasteiger partial charge < -0.3 is 5.11 Å². The highest BCUT2D eigenvalue weighted by molar-refractivity contribution is 9.10. The van der Waals surface area contributed by atoms with Gasteiger partial charge in [0.1, 0.15) is 5.82 Å². The predicted octanol–water partition coefficient (Wildman–Crippen LogP) is 4.22. The summed E-state index contributed by atoms with van der Waals surface area (Å²) in [4.78, 5) is 0. The summed E-state index contributed by atoms with van der Waals surface area (Å²) >= 11 is 3.35. The monoisotopic (exact) mass is 334 g/mol. The molecule has 0 saturated carbocycles. The highest BCUT2D eigenvalue weighted by Gasteiger charge is 2.28. The zero-order chi connectivity index (χ0) is 14.1. The molecular formula is C17H16BrFO. The van der Waals surface area contributed by atoms with Crippen molar-refractivity contribution in [3.05, 3.63) is 69.4 Å². The summed E-state index contributed by atoms with van der Waals surface area (Å²) in [6.07, 6.45) is 1.75. The van der Waals surface area contributed by atoms with Gasteiger partial charge in [-0.05, 0) is 47.7 Å². The van der Waals surface area contributed by atoms with Gasteiger partial charge in [-0.25, -0.2) is 4.39 Å². The van der Waals surface area contributed by atoms with Crippen LogP contribution in [-0.2, 0) is 12.8 Å². The summed E-state index contributed by atoms with van der Waals surface area (Å²) in [6, 6.07) is 13.1. The Kier molecular flexibility index (Phi) is 3.90. The van der Waals surface area contributed by atoms with Crippen LogP contribution in [0.2, 0.25) is 0 Å². The van der Waals surface area contributed by atoms with Crippen LogP contribution >= 0.6 is 15.9 Å². The molecule has 3 rings (SSSR count).